The molecular formula is C37H27Cl2NO3. The van der Waals surface area contributed by atoms with Crippen LogP contribution in [-0.2, 0) is 5.41 Å². The number of halogens is 2. The average Bonchev–Trinajstić information content (AvgIpc) is 3.22. The zero-order valence-corrected chi connectivity index (χ0v) is 25.4. The Labute approximate surface area is 260 Å². The highest BCUT2D eigenvalue weighted by Gasteiger charge is 2.38. The lowest BCUT2D eigenvalue weighted by Crippen LogP contribution is -2.30. The highest BCUT2D eigenvalue weighted by atomic mass is 35.5. The normalized spacial score (nSPS) is 14.9. The monoisotopic (exact) mass is 603 g/mol. The van der Waals surface area contributed by atoms with Crippen LogP contribution in [0.25, 0.3) is 16.8 Å². The lowest BCUT2D eigenvalue weighted by Gasteiger charge is -2.42. The first kappa shape index (κ1) is 27.5. The SMILES string of the molecule is CCOc1ccc(N2c3ccccc3C(C)(C)c3c2ccc2cc(C=C4C(=O)c5cc(Cl)c(Cl)cc5C4=O)ccc32)cc1. The molecule has 0 amide bonds. The van der Waals surface area contributed by atoms with Crippen LogP contribution >= 0.6 is 23.2 Å². The van der Waals surface area contributed by atoms with E-state index in [0.717, 1.165) is 39.1 Å². The van der Waals surface area contributed by atoms with Crippen molar-refractivity contribution in [2.24, 2.45) is 0 Å². The van der Waals surface area contributed by atoms with Gasteiger partial charge in [0, 0.05) is 22.2 Å². The topological polar surface area (TPSA) is 46.6 Å². The maximum absolute atomic E-state index is 13.2. The Kier molecular flexibility index (Phi) is 6.46. The number of allylic oxidation sites excluding steroid dienone is 1. The Bertz CT molecular complexity index is 1980. The van der Waals surface area contributed by atoms with Gasteiger partial charge in [-0.3, -0.25) is 9.59 Å². The predicted octanol–water partition coefficient (Wildman–Crippen LogP) is 10.1. The first-order chi connectivity index (χ1) is 20.7. The van der Waals surface area contributed by atoms with E-state index < -0.39 is 0 Å². The average molecular weight is 605 g/mol. The minimum absolute atomic E-state index is 0.113. The number of carbonyl (C=O) groups excluding carboxylic acids is 2. The molecule has 0 fully saturated rings. The number of hydrogen-bond donors (Lipinski definition) is 0. The van der Waals surface area contributed by atoms with Crippen LogP contribution in [0.3, 0.4) is 0 Å². The van der Waals surface area contributed by atoms with Gasteiger partial charge in [-0.05, 0) is 95.1 Å². The Morgan fingerprint density at radius 1 is 0.791 bits per heavy atom. The van der Waals surface area contributed by atoms with Crippen LogP contribution in [0.4, 0.5) is 17.1 Å². The molecule has 5 aromatic rings. The van der Waals surface area contributed by atoms with E-state index in [1.807, 2.05) is 31.2 Å². The summed E-state index contributed by atoms with van der Waals surface area (Å²) in [5.41, 5.74) is 6.91. The molecule has 7 rings (SSSR count). The lowest BCUT2D eigenvalue weighted by atomic mass is 9.71. The van der Waals surface area contributed by atoms with Crippen molar-refractivity contribution in [3.05, 3.63) is 134 Å². The Hall–Kier alpha value is -4.38. The van der Waals surface area contributed by atoms with E-state index >= 15 is 0 Å². The maximum Gasteiger partial charge on any atom is 0.197 e. The molecule has 0 radical (unpaired) electrons. The van der Waals surface area contributed by atoms with Crippen LogP contribution in [0.1, 0.15) is 58.2 Å². The molecule has 5 aromatic carbocycles. The van der Waals surface area contributed by atoms with E-state index in [2.05, 4.69) is 73.3 Å². The number of para-hydroxylation sites is 1. The number of fused-ring (bicyclic) bond motifs is 5. The molecule has 0 atom stereocenters. The van der Waals surface area contributed by atoms with E-state index in [1.54, 1.807) is 6.08 Å². The van der Waals surface area contributed by atoms with Crippen molar-refractivity contribution >= 4 is 68.7 Å². The van der Waals surface area contributed by atoms with Gasteiger partial charge in [-0.1, -0.05) is 73.4 Å². The predicted molar refractivity (Wildman–Crippen MR) is 175 cm³/mol. The van der Waals surface area contributed by atoms with Gasteiger partial charge in [-0.2, -0.15) is 0 Å². The highest BCUT2D eigenvalue weighted by molar-refractivity contribution is 6.46. The van der Waals surface area contributed by atoms with Crippen molar-refractivity contribution in [2.45, 2.75) is 26.2 Å². The molecule has 4 nitrogen and oxygen atoms in total. The molecule has 0 N–H and O–H groups in total. The van der Waals surface area contributed by atoms with E-state index in [9.17, 15) is 9.59 Å². The molecule has 0 aromatic heterocycles. The van der Waals surface area contributed by atoms with Crippen LogP contribution < -0.4 is 9.64 Å². The molecule has 0 saturated heterocycles. The maximum atomic E-state index is 13.2. The number of Topliss-reactive ketones (excluding diaryl/α,β-unsaturated/α-hetero) is 2. The largest absolute Gasteiger partial charge is 0.494 e. The summed E-state index contributed by atoms with van der Waals surface area (Å²) in [7, 11) is 0. The van der Waals surface area contributed by atoms with Gasteiger partial charge in [-0.25, -0.2) is 0 Å². The molecule has 212 valence electrons. The Morgan fingerprint density at radius 2 is 1.47 bits per heavy atom. The second kappa shape index (κ2) is 10.1. The summed E-state index contributed by atoms with van der Waals surface area (Å²) in [5.74, 6) is 0.159. The molecule has 0 spiro atoms. The number of ketones is 2. The number of ether oxygens (including phenoxy) is 1. The van der Waals surface area contributed by atoms with Gasteiger partial charge < -0.3 is 9.64 Å². The minimum atomic E-state index is -0.340. The van der Waals surface area contributed by atoms with Gasteiger partial charge in [0.05, 0.1) is 33.6 Å². The van der Waals surface area contributed by atoms with Crippen molar-refractivity contribution in [2.75, 3.05) is 11.5 Å². The third-order valence-corrected chi connectivity index (χ3v) is 9.18. The summed E-state index contributed by atoms with van der Waals surface area (Å²) in [6, 6.07) is 30.1. The molecule has 0 saturated carbocycles. The fourth-order valence-corrected chi connectivity index (χ4v) is 6.81. The summed E-state index contributed by atoms with van der Waals surface area (Å²) < 4.78 is 5.70. The van der Waals surface area contributed by atoms with Gasteiger partial charge in [0.1, 0.15) is 5.75 Å². The summed E-state index contributed by atoms with van der Waals surface area (Å²) in [6.07, 6.45) is 1.66. The van der Waals surface area contributed by atoms with Crippen molar-refractivity contribution < 1.29 is 14.3 Å². The lowest BCUT2D eigenvalue weighted by molar-refractivity contribution is 0.0990. The number of hydrogen-bond acceptors (Lipinski definition) is 4. The number of anilines is 3. The minimum Gasteiger partial charge on any atom is -0.494 e. The smallest absolute Gasteiger partial charge is 0.197 e. The molecule has 1 aliphatic heterocycles. The molecule has 0 unspecified atom stereocenters. The van der Waals surface area contributed by atoms with Gasteiger partial charge in [0.25, 0.3) is 0 Å². The third-order valence-electron chi connectivity index (χ3n) is 8.46. The number of benzene rings is 5. The number of carbonyl (C=O) groups is 2. The summed E-state index contributed by atoms with van der Waals surface area (Å²) in [6.45, 7) is 7.12. The Morgan fingerprint density at radius 3 is 2.14 bits per heavy atom. The fourth-order valence-electron chi connectivity index (χ4n) is 6.48. The molecular weight excluding hydrogens is 577 g/mol. The standard InChI is InChI=1S/C37H27Cl2NO3/c1-4-43-24-13-11-23(12-14-24)40-32-8-6-5-7-29(32)37(2,3)34-25-15-9-21(17-22(25)10-16-33(34)40)18-28-35(41)26-19-30(38)31(39)20-27(26)36(28)42/h5-20H,4H2,1-3H3. The zero-order valence-electron chi connectivity index (χ0n) is 23.9. The number of nitrogens with zero attached hydrogens (tertiary/aromatic N) is 1. The van der Waals surface area contributed by atoms with Gasteiger partial charge in [0.2, 0.25) is 0 Å². The Balaban J connectivity index is 1.36. The highest BCUT2D eigenvalue weighted by Crippen LogP contribution is 2.54. The van der Waals surface area contributed by atoms with Crippen LogP contribution in [-0.4, -0.2) is 18.2 Å². The molecule has 6 heteroatoms. The van der Waals surface area contributed by atoms with Gasteiger partial charge in [-0.15, -0.1) is 0 Å². The molecule has 0 bridgehead atoms. The van der Waals surface area contributed by atoms with Crippen LogP contribution in [0.2, 0.25) is 10.0 Å². The zero-order chi connectivity index (χ0) is 30.0. The van der Waals surface area contributed by atoms with E-state index in [1.165, 1.54) is 23.3 Å². The van der Waals surface area contributed by atoms with E-state index in [-0.39, 0.29) is 43.7 Å². The van der Waals surface area contributed by atoms with Gasteiger partial charge in [0.15, 0.2) is 11.6 Å². The van der Waals surface area contributed by atoms with Crippen molar-refractivity contribution in [3.8, 4) is 5.75 Å². The molecule has 43 heavy (non-hydrogen) atoms. The van der Waals surface area contributed by atoms with Crippen LogP contribution in [0.15, 0.2) is 96.6 Å². The second-order valence-corrected chi connectivity index (χ2v) is 12.2. The second-order valence-electron chi connectivity index (χ2n) is 11.4. The van der Waals surface area contributed by atoms with Gasteiger partial charge >= 0.3 is 0 Å². The first-order valence-corrected chi connectivity index (χ1v) is 14.9. The van der Waals surface area contributed by atoms with Crippen molar-refractivity contribution in [1.82, 2.24) is 0 Å². The molecule has 2 aliphatic rings. The van der Waals surface area contributed by atoms with E-state index in [4.69, 9.17) is 27.9 Å². The fraction of sp³-hybridized carbons (Fsp3) is 0.135. The third kappa shape index (κ3) is 4.28. The summed E-state index contributed by atoms with van der Waals surface area (Å²) >= 11 is 12.3. The van der Waals surface area contributed by atoms with Crippen LogP contribution in [0.5, 0.6) is 5.75 Å². The van der Waals surface area contributed by atoms with Crippen LogP contribution in [0, 0.1) is 0 Å². The molecule has 1 heterocycles. The van der Waals surface area contributed by atoms with Crippen molar-refractivity contribution in [1.29, 1.82) is 0 Å². The number of rotatable bonds is 4. The van der Waals surface area contributed by atoms with Crippen molar-refractivity contribution in [3.63, 3.8) is 0 Å². The summed E-state index contributed by atoms with van der Waals surface area (Å²) in [5, 5.41) is 2.64. The summed E-state index contributed by atoms with van der Waals surface area (Å²) in [4.78, 5) is 28.6. The first-order valence-electron chi connectivity index (χ1n) is 14.2. The quantitative estimate of drug-likeness (QED) is 0.151. The molecule has 1 aliphatic carbocycles. The van der Waals surface area contributed by atoms with E-state index in [0.29, 0.717) is 6.61 Å².